The van der Waals surface area contributed by atoms with Crippen LogP contribution in [0.2, 0.25) is 10.0 Å². The summed E-state index contributed by atoms with van der Waals surface area (Å²) in [6.07, 6.45) is -5.55. The van der Waals surface area contributed by atoms with Crippen molar-refractivity contribution in [3.8, 4) is 0 Å². The van der Waals surface area contributed by atoms with Gasteiger partial charge in [-0.2, -0.15) is 13.2 Å². The van der Waals surface area contributed by atoms with E-state index >= 15 is 0 Å². The van der Waals surface area contributed by atoms with Crippen LogP contribution in [0.15, 0.2) is 12.1 Å². The maximum atomic E-state index is 12.7. The van der Waals surface area contributed by atoms with Gasteiger partial charge in [0.1, 0.15) is 0 Å². The summed E-state index contributed by atoms with van der Waals surface area (Å²) in [6.45, 7) is -0.160. The molecule has 2 nitrogen and oxygen atoms in total. The summed E-state index contributed by atoms with van der Waals surface area (Å²) in [5.41, 5.74) is -1.31. The first-order valence-corrected chi connectivity index (χ1v) is 6.09. The lowest BCUT2D eigenvalue weighted by molar-refractivity contribution is -0.137. The van der Waals surface area contributed by atoms with Gasteiger partial charge in [0.2, 0.25) is 0 Å². The third-order valence-corrected chi connectivity index (χ3v) is 3.25. The lowest BCUT2D eigenvalue weighted by Crippen LogP contribution is -2.22. The molecule has 18 heavy (non-hydrogen) atoms. The summed E-state index contributed by atoms with van der Waals surface area (Å²) in [6, 6.07) is 1.89. The molecule has 0 aliphatic rings. The number of hydrogen-bond donors (Lipinski definition) is 2. The van der Waals surface area contributed by atoms with Crippen LogP contribution >= 0.6 is 34.8 Å². The van der Waals surface area contributed by atoms with Crippen LogP contribution in [0.3, 0.4) is 0 Å². The lowest BCUT2D eigenvalue weighted by Gasteiger charge is -2.18. The van der Waals surface area contributed by atoms with E-state index in [9.17, 15) is 18.3 Å². The van der Waals surface area contributed by atoms with Crippen molar-refractivity contribution >= 4 is 40.5 Å². The van der Waals surface area contributed by atoms with Crippen LogP contribution in [0, 0.1) is 0 Å². The Kier molecular flexibility index (Phi) is 5.40. The molecule has 0 saturated heterocycles. The fourth-order valence-corrected chi connectivity index (χ4v) is 1.73. The van der Waals surface area contributed by atoms with Crippen LogP contribution in [0.4, 0.5) is 18.9 Å². The van der Waals surface area contributed by atoms with Crippen molar-refractivity contribution in [2.45, 2.75) is 12.3 Å². The lowest BCUT2D eigenvalue weighted by atomic mass is 10.1. The second-order valence-corrected chi connectivity index (χ2v) is 4.56. The third kappa shape index (κ3) is 3.82. The molecule has 0 heterocycles. The zero-order chi connectivity index (χ0) is 13.9. The number of aliphatic hydroxyl groups excluding tert-OH is 1. The number of halogens is 6. The minimum atomic E-state index is -4.57. The van der Waals surface area contributed by atoms with Gasteiger partial charge in [-0.1, -0.05) is 23.2 Å². The molecule has 0 bridgehead atoms. The SMILES string of the molecule is OC(CCl)CNc1c(C(F)(F)F)ccc(Cl)c1Cl. The standard InChI is InChI=1S/C10H9Cl3F3NO/c11-3-5(18)4-17-9-6(10(14,15)16)1-2-7(12)8(9)13/h1-2,5,17-18H,3-4H2. The van der Waals surface area contributed by atoms with E-state index < -0.39 is 17.8 Å². The van der Waals surface area contributed by atoms with E-state index in [0.717, 1.165) is 12.1 Å². The Bertz CT molecular complexity index is 426. The first-order valence-electron chi connectivity index (χ1n) is 4.80. The average molecular weight is 323 g/mol. The number of alkyl halides is 4. The van der Waals surface area contributed by atoms with E-state index in [1.807, 2.05) is 0 Å². The second-order valence-electron chi connectivity index (χ2n) is 3.47. The molecule has 0 amide bonds. The quantitative estimate of drug-likeness (QED) is 0.821. The minimum absolute atomic E-state index is 0.00692. The Labute approximate surface area is 117 Å². The fraction of sp³-hybridized carbons (Fsp3) is 0.400. The minimum Gasteiger partial charge on any atom is -0.390 e. The molecule has 1 rings (SSSR count). The van der Waals surface area contributed by atoms with Crippen LogP contribution in [0.5, 0.6) is 0 Å². The molecule has 0 aromatic heterocycles. The summed E-state index contributed by atoms with van der Waals surface area (Å²) < 4.78 is 38.2. The fourth-order valence-electron chi connectivity index (χ4n) is 1.23. The first-order chi connectivity index (χ1) is 8.27. The predicted octanol–water partition coefficient (Wildman–Crippen LogP) is 4.02. The molecular formula is C10H9Cl3F3NO. The summed E-state index contributed by atoms with van der Waals surface area (Å²) in [5.74, 6) is -0.105. The summed E-state index contributed by atoms with van der Waals surface area (Å²) >= 11 is 16.7. The molecule has 1 aromatic carbocycles. The van der Waals surface area contributed by atoms with Gasteiger partial charge in [0.25, 0.3) is 0 Å². The van der Waals surface area contributed by atoms with E-state index in [4.69, 9.17) is 34.8 Å². The maximum Gasteiger partial charge on any atom is 0.418 e. The first kappa shape index (κ1) is 15.7. The largest absolute Gasteiger partial charge is 0.418 e. The molecule has 8 heteroatoms. The molecule has 0 aliphatic carbocycles. The number of rotatable bonds is 4. The van der Waals surface area contributed by atoms with E-state index in [2.05, 4.69) is 5.32 Å². The van der Waals surface area contributed by atoms with Crippen molar-refractivity contribution in [2.24, 2.45) is 0 Å². The van der Waals surface area contributed by atoms with Crippen LogP contribution in [0.25, 0.3) is 0 Å². The van der Waals surface area contributed by atoms with Crippen LogP contribution in [0.1, 0.15) is 5.56 Å². The van der Waals surface area contributed by atoms with Gasteiger partial charge in [0.15, 0.2) is 0 Å². The smallest absolute Gasteiger partial charge is 0.390 e. The molecule has 102 valence electrons. The molecule has 0 fully saturated rings. The molecule has 0 spiro atoms. The Morgan fingerprint density at radius 1 is 1.28 bits per heavy atom. The highest BCUT2D eigenvalue weighted by Gasteiger charge is 2.35. The molecule has 1 aromatic rings. The van der Waals surface area contributed by atoms with E-state index in [-0.39, 0.29) is 28.2 Å². The Morgan fingerprint density at radius 2 is 1.89 bits per heavy atom. The summed E-state index contributed by atoms with van der Waals surface area (Å²) in [4.78, 5) is 0. The molecule has 1 atom stereocenters. The van der Waals surface area contributed by atoms with Crippen molar-refractivity contribution in [1.82, 2.24) is 0 Å². The summed E-state index contributed by atoms with van der Waals surface area (Å²) in [7, 11) is 0. The van der Waals surface area contributed by atoms with Gasteiger partial charge >= 0.3 is 6.18 Å². The van der Waals surface area contributed by atoms with E-state index in [1.54, 1.807) is 0 Å². The molecular weight excluding hydrogens is 313 g/mol. The highest BCUT2D eigenvalue weighted by molar-refractivity contribution is 6.43. The van der Waals surface area contributed by atoms with Crippen molar-refractivity contribution < 1.29 is 18.3 Å². The molecule has 0 aliphatic heterocycles. The van der Waals surface area contributed by atoms with E-state index in [0.29, 0.717) is 0 Å². The van der Waals surface area contributed by atoms with Crippen LogP contribution in [-0.4, -0.2) is 23.6 Å². The van der Waals surface area contributed by atoms with Crippen molar-refractivity contribution in [3.05, 3.63) is 27.7 Å². The van der Waals surface area contributed by atoms with Gasteiger partial charge in [-0.3, -0.25) is 0 Å². The highest BCUT2D eigenvalue weighted by Crippen LogP contribution is 2.41. The zero-order valence-electron chi connectivity index (χ0n) is 8.86. The monoisotopic (exact) mass is 321 g/mol. The van der Waals surface area contributed by atoms with Crippen molar-refractivity contribution in [2.75, 3.05) is 17.7 Å². The van der Waals surface area contributed by atoms with Crippen molar-refractivity contribution in [3.63, 3.8) is 0 Å². The Hall–Kier alpha value is -0.360. The van der Waals surface area contributed by atoms with Crippen LogP contribution in [-0.2, 0) is 6.18 Å². The van der Waals surface area contributed by atoms with Gasteiger partial charge in [0.05, 0.1) is 33.3 Å². The Balaban J connectivity index is 3.10. The number of aliphatic hydroxyl groups is 1. The van der Waals surface area contributed by atoms with Gasteiger partial charge in [-0.15, -0.1) is 11.6 Å². The number of nitrogens with one attached hydrogen (secondary N) is 1. The van der Waals surface area contributed by atoms with Gasteiger partial charge < -0.3 is 10.4 Å². The normalized spacial score (nSPS) is 13.5. The maximum absolute atomic E-state index is 12.7. The average Bonchev–Trinajstić information content (AvgIpc) is 2.28. The second kappa shape index (κ2) is 6.19. The molecule has 0 saturated carbocycles. The molecule has 2 N–H and O–H groups in total. The van der Waals surface area contributed by atoms with Crippen molar-refractivity contribution in [1.29, 1.82) is 0 Å². The van der Waals surface area contributed by atoms with Gasteiger partial charge in [-0.05, 0) is 12.1 Å². The zero-order valence-corrected chi connectivity index (χ0v) is 11.1. The highest BCUT2D eigenvalue weighted by atomic mass is 35.5. The van der Waals surface area contributed by atoms with Gasteiger partial charge in [0, 0.05) is 6.54 Å². The summed E-state index contributed by atoms with van der Waals surface area (Å²) in [5, 5.41) is 11.4. The topological polar surface area (TPSA) is 32.3 Å². The van der Waals surface area contributed by atoms with Gasteiger partial charge in [-0.25, -0.2) is 0 Å². The Morgan fingerprint density at radius 3 is 2.39 bits per heavy atom. The molecule has 0 radical (unpaired) electrons. The van der Waals surface area contributed by atoms with E-state index in [1.165, 1.54) is 0 Å². The molecule has 1 unspecified atom stereocenters. The van der Waals surface area contributed by atoms with Crippen LogP contribution < -0.4 is 5.32 Å². The number of anilines is 1. The third-order valence-electron chi connectivity index (χ3n) is 2.09. The number of hydrogen-bond acceptors (Lipinski definition) is 2. The predicted molar refractivity (Wildman–Crippen MR) is 66.7 cm³/mol. The number of benzene rings is 1.